The lowest BCUT2D eigenvalue weighted by molar-refractivity contribution is -0.385. The van der Waals surface area contributed by atoms with Gasteiger partial charge in [0.1, 0.15) is 5.82 Å². The highest BCUT2D eigenvalue weighted by Gasteiger charge is 2.19. The van der Waals surface area contributed by atoms with Crippen LogP contribution >= 0.6 is 15.9 Å². The molecule has 0 bridgehead atoms. The summed E-state index contributed by atoms with van der Waals surface area (Å²) >= 11 is 2.84. The minimum atomic E-state index is -0.711. The summed E-state index contributed by atoms with van der Waals surface area (Å²) in [6.07, 6.45) is 0. The molecule has 0 heterocycles. The van der Waals surface area contributed by atoms with Gasteiger partial charge in [0.25, 0.3) is 5.91 Å². The number of carbonyl (C=O) groups excluding carboxylic acids is 1. The summed E-state index contributed by atoms with van der Waals surface area (Å²) in [5, 5.41) is 13.2. The van der Waals surface area contributed by atoms with Gasteiger partial charge >= 0.3 is 5.69 Å². The van der Waals surface area contributed by atoms with Crippen LogP contribution in [0.25, 0.3) is 0 Å². The molecule has 0 radical (unpaired) electrons. The fourth-order valence-electron chi connectivity index (χ4n) is 1.17. The van der Waals surface area contributed by atoms with Gasteiger partial charge in [-0.1, -0.05) is 0 Å². The van der Waals surface area contributed by atoms with Crippen LogP contribution in [0.3, 0.4) is 0 Å². The van der Waals surface area contributed by atoms with Crippen molar-refractivity contribution in [3.05, 3.63) is 32.5 Å². The molecule has 0 aliphatic heterocycles. The fourth-order valence-corrected chi connectivity index (χ4v) is 1.50. The van der Waals surface area contributed by atoms with E-state index >= 15 is 0 Å². The van der Waals surface area contributed by atoms with E-state index in [1.54, 1.807) is 6.92 Å². The van der Waals surface area contributed by atoms with E-state index in [1.807, 2.05) is 0 Å². The Kier molecular flexibility index (Phi) is 5.02. The highest BCUT2D eigenvalue weighted by atomic mass is 79.9. The first-order valence-corrected chi connectivity index (χ1v) is 5.78. The number of halogens is 2. The molecule has 18 heavy (non-hydrogen) atoms. The van der Waals surface area contributed by atoms with Crippen LogP contribution in [0, 0.1) is 15.9 Å². The lowest BCUT2D eigenvalue weighted by Crippen LogP contribution is -2.28. The fraction of sp³-hybridized carbons (Fsp3) is 0.300. The molecule has 1 aromatic carbocycles. The summed E-state index contributed by atoms with van der Waals surface area (Å²) in [7, 11) is 0. The zero-order valence-electron chi connectivity index (χ0n) is 9.41. The van der Waals surface area contributed by atoms with E-state index in [9.17, 15) is 19.3 Å². The van der Waals surface area contributed by atoms with E-state index in [0.29, 0.717) is 6.54 Å². The van der Waals surface area contributed by atoms with E-state index in [2.05, 4.69) is 21.2 Å². The third-order valence-electron chi connectivity index (χ3n) is 1.93. The molecule has 1 N–H and O–H groups in total. The second kappa shape index (κ2) is 6.29. The molecule has 1 aromatic rings. The van der Waals surface area contributed by atoms with Gasteiger partial charge in [-0.3, -0.25) is 14.9 Å². The van der Waals surface area contributed by atoms with Crippen molar-refractivity contribution < 1.29 is 18.8 Å². The van der Waals surface area contributed by atoms with E-state index in [1.165, 1.54) is 0 Å². The molecular formula is C10H10BrFN2O4. The topological polar surface area (TPSA) is 81.5 Å². The third kappa shape index (κ3) is 3.66. The second-order valence-electron chi connectivity index (χ2n) is 3.23. The number of nitrogens with one attached hydrogen (secondary N) is 1. The maximum atomic E-state index is 13.2. The zero-order chi connectivity index (χ0) is 13.7. The van der Waals surface area contributed by atoms with Crippen molar-refractivity contribution in [2.75, 3.05) is 13.2 Å². The van der Waals surface area contributed by atoms with E-state index < -0.39 is 28.9 Å². The average molecular weight is 321 g/mol. The number of carbonyl (C=O) groups is 1. The third-order valence-corrected chi connectivity index (χ3v) is 2.54. The molecule has 1 rings (SSSR count). The number of ether oxygens (including phenoxy) is 1. The summed E-state index contributed by atoms with van der Waals surface area (Å²) in [6.45, 7) is 1.73. The zero-order valence-corrected chi connectivity index (χ0v) is 11.0. The van der Waals surface area contributed by atoms with Crippen molar-refractivity contribution >= 4 is 27.5 Å². The van der Waals surface area contributed by atoms with Gasteiger partial charge in [0.15, 0.2) is 6.61 Å². The first-order valence-electron chi connectivity index (χ1n) is 4.98. The van der Waals surface area contributed by atoms with Crippen molar-refractivity contribution in [3.63, 3.8) is 0 Å². The molecule has 0 aliphatic rings. The quantitative estimate of drug-likeness (QED) is 0.664. The first kappa shape index (κ1) is 14.4. The maximum absolute atomic E-state index is 13.2. The first-order chi connectivity index (χ1) is 8.45. The number of nitro groups is 1. The van der Waals surface area contributed by atoms with Crippen LogP contribution < -0.4 is 10.1 Å². The molecule has 0 unspecified atom stereocenters. The van der Waals surface area contributed by atoms with Gasteiger partial charge in [-0.15, -0.1) is 0 Å². The van der Waals surface area contributed by atoms with Gasteiger partial charge in [0.05, 0.1) is 9.40 Å². The van der Waals surface area contributed by atoms with Gasteiger partial charge in [-0.25, -0.2) is 4.39 Å². The molecular weight excluding hydrogens is 311 g/mol. The summed E-state index contributed by atoms with van der Waals surface area (Å²) in [6, 6.07) is 1.85. The number of hydrogen-bond donors (Lipinski definition) is 1. The van der Waals surface area contributed by atoms with Crippen molar-refractivity contribution in [2.24, 2.45) is 0 Å². The molecule has 98 valence electrons. The smallest absolute Gasteiger partial charge is 0.312 e. The SMILES string of the molecule is CCNC(=O)COc1cc(F)c(Br)cc1[N+](=O)[O-]. The largest absolute Gasteiger partial charge is 0.477 e. The summed E-state index contributed by atoms with van der Waals surface area (Å²) < 4.78 is 18.1. The number of rotatable bonds is 5. The van der Waals surface area contributed by atoms with Crippen LogP contribution in [-0.2, 0) is 4.79 Å². The van der Waals surface area contributed by atoms with Crippen LogP contribution in [0.4, 0.5) is 10.1 Å². The van der Waals surface area contributed by atoms with Crippen molar-refractivity contribution in [1.29, 1.82) is 0 Å². The van der Waals surface area contributed by atoms with Gasteiger partial charge in [0, 0.05) is 18.7 Å². The Morgan fingerprint density at radius 1 is 1.61 bits per heavy atom. The highest BCUT2D eigenvalue weighted by molar-refractivity contribution is 9.10. The van der Waals surface area contributed by atoms with Crippen molar-refractivity contribution in [3.8, 4) is 5.75 Å². The number of amides is 1. The van der Waals surface area contributed by atoms with Gasteiger partial charge in [-0.05, 0) is 22.9 Å². The van der Waals surface area contributed by atoms with Gasteiger partial charge < -0.3 is 10.1 Å². The normalized spacial score (nSPS) is 9.94. The monoisotopic (exact) mass is 320 g/mol. The molecule has 0 atom stereocenters. The Balaban J connectivity index is 2.90. The van der Waals surface area contributed by atoms with E-state index in [4.69, 9.17) is 4.74 Å². The lowest BCUT2D eigenvalue weighted by Gasteiger charge is -2.07. The van der Waals surface area contributed by atoms with Crippen LogP contribution in [-0.4, -0.2) is 24.0 Å². The molecule has 6 nitrogen and oxygen atoms in total. The lowest BCUT2D eigenvalue weighted by atomic mass is 10.3. The number of nitrogens with zero attached hydrogens (tertiary/aromatic N) is 1. The van der Waals surface area contributed by atoms with Crippen LogP contribution in [0.5, 0.6) is 5.75 Å². The Bertz CT molecular complexity index is 481. The Morgan fingerprint density at radius 3 is 2.83 bits per heavy atom. The van der Waals surface area contributed by atoms with Crippen LogP contribution in [0.2, 0.25) is 0 Å². The van der Waals surface area contributed by atoms with Crippen molar-refractivity contribution in [2.45, 2.75) is 6.92 Å². The molecule has 0 fully saturated rings. The Labute approximate surface area is 110 Å². The minimum absolute atomic E-state index is 0.0421. The Morgan fingerprint density at radius 2 is 2.28 bits per heavy atom. The highest BCUT2D eigenvalue weighted by Crippen LogP contribution is 2.32. The molecule has 0 aromatic heterocycles. The van der Waals surface area contributed by atoms with E-state index in [-0.39, 0.29) is 10.2 Å². The van der Waals surface area contributed by atoms with Crippen LogP contribution in [0.1, 0.15) is 6.92 Å². The molecule has 0 saturated carbocycles. The Hall–Kier alpha value is -1.70. The van der Waals surface area contributed by atoms with Crippen LogP contribution in [0.15, 0.2) is 16.6 Å². The molecule has 0 saturated heterocycles. The molecule has 1 amide bonds. The standard InChI is InChI=1S/C10H10BrFN2O4/c1-2-13-10(15)5-18-9-4-7(12)6(11)3-8(9)14(16)17/h3-4H,2,5H2,1H3,(H,13,15). The summed E-state index contributed by atoms with van der Waals surface area (Å²) in [5.74, 6) is -1.42. The van der Waals surface area contributed by atoms with Crippen molar-refractivity contribution in [1.82, 2.24) is 5.32 Å². The van der Waals surface area contributed by atoms with Gasteiger partial charge in [-0.2, -0.15) is 0 Å². The predicted molar refractivity (Wildman–Crippen MR) is 64.9 cm³/mol. The number of hydrogen-bond acceptors (Lipinski definition) is 4. The minimum Gasteiger partial charge on any atom is -0.477 e. The summed E-state index contributed by atoms with van der Waals surface area (Å²) in [4.78, 5) is 21.2. The maximum Gasteiger partial charge on any atom is 0.312 e. The molecule has 0 spiro atoms. The number of benzene rings is 1. The van der Waals surface area contributed by atoms with E-state index in [0.717, 1.165) is 12.1 Å². The van der Waals surface area contributed by atoms with Gasteiger partial charge in [0.2, 0.25) is 5.75 Å². The second-order valence-corrected chi connectivity index (χ2v) is 4.09. The average Bonchev–Trinajstić information content (AvgIpc) is 2.30. The molecule has 8 heteroatoms. The number of likely N-dealkylation sites (N-methyl/N-ethyl adjacent to an activating group) is 1. The summed E-state index contributed by atoms with van der Waals surface area (Å²) in [5.41, 5.74) is -0.410. The predicted octanol–water partition coefficient (Wildman–Crippen LogP) is 2.01. The number of nitro benzene ring substituents is 1. The molecule has 0 aliphatic carbocycles.